The standard InChI is InChI=1S/C12H22N2/c1-4-7-14-12(9-13)6-5-10(2)11(3)8-12/h10-11,14H,4-8H2,1-3H3. The first-order valence-electron chi connectivity index (χ1n) is 5.80. The number of nitriles is 1. The lowest BCUT2D eigenvalue weighted by Gasteiger charge is -2.38. The Hall–Kier alpha value is -0.550. The van der Waals surface area contributed by atoms with Crippen molar-refractivity contribution < 1.29 is 0 Å². The summed E-state index contributed by atoms with van der Waals surface area (Å²) in [5.74, 6) is 1.45. The second-order valence-electron chi connectivity index (χ2n) is 4.82. The minimum Gasteiger partial charge on any atom is -0.299 e. The number of hydrogen-bond donors (Lipinski definition) is 1. The van der Waals surface area contributed by atoms with Crippen molar-refractivity contribution in [3.05, 3.63) is 0 Å². The van der Waals surface area contributed by atoms with Crippen molar-refractivity contribution in [3.8, 4) is 6.07 Å². The van der Waals surface area contributed by atoms with Crippen molar-refractivity contribution >= 4 is 0 Å². The summed E-state index contributed by atoms with van der Waals surface area (Å²) in [6.45, 7) is 7.68. The normalized spacial score (nSPS) is 37.9. The first kappa shape index (κ1) is 11.5. The van der Waals surface area contributed by atoms with Gasteiger partial charge in [-0.25, -0.2) is 0 Å². The quantitative estimate of drug-likeness (QED) is 0.750. The van der Waals surface area contributed by atoms with Gasteiger partial charge in [0.15, 0.2) is 0 Å². The smallest absolute Gasteiger partial charge is 0.107 e. The number of rotatable bonds is 3. The van der Waals surface area contributed by atoms with Crippen molar-refractivity contribution in [2.45, 2.75) is 52.0 Å². The molecular formula is C12H22N2. The number of nitrogens with zero attached hydrogens (tertiary/aromatic N) is 1. The Morgan fingerprint density at radius 3 is 2.64 bits per heavy atom. The molecule has 0 saturated heterocycles. The lowest BCUT2D eigenvalue weighted by Crippen LogP contribution is -2.49. The molecule has 1 saturated carbocycles. The summed E-state index contributed by atoms with van der Waals surface area (Å²) in [5, 5.41) is 12.7. The fourth-order valence-corrected chi connectivity index (χ4v) is 2.28. The van der Waals surface area contributed by atoms with E-state index < -0.39 is 0 Å². The molecule has 3 unspecified atom stereocenters. The number of nitrogens with one attached hydrogen (secondary N) is 1. The van der Waals surface area contributed by atoms with Crippen LogP contribution in [-0.2, 0) is 0 Å². The maximum atomic E-state index is 9.26. The molecule has 1 aliphatic rings. The lowest BCUT2D eigenvalue weighted by atomic mass is 9.72. The molecule has 0 spiro atoms. The Balaban J connectivity index is 2.58. The van der Waals surface area contributed by atoms with Crippen LogP contribution in [0.15, 0.2) is 0 Å². The molecule has 0 heterocycles. The van der Waals surface area contributed by atoms with E-state index >= 15 is 0 Å². The molecular weight excluding hydrogens is 172 g/mol. The molecule has 0 radical (unpaired) electrons. The molecule has 1 rings (SSSR count). The zero-order valence-electron chi connectivity index (χ0n) is 9.64. The molecule has 0 bridgehead atoms. The summed E-state index contributed by atoms with van der Waals surface area (Å²) in [6.07, 6.45) is 4.33. The zero-order chi connectivity index (χ0) is 10.6. The molecule has 0 aromatic heterocycles. The van der Waals surface area contributed by atoms with Gasteiger partial charge >= 0.3 is 0 Å². The molecule has 1 aliphatic carbocycles. The van der Waals surface area contributed by atoms with Crippen molar-refractivity contribution in [2.75, 3.05) is 6.54 Å². The van der Waals surface area contributed by atoms with Gasteiger partial charge in [0.2, 0.25) is 0 Å². The van der Waals surface area contributed by atoms with Crippen molar-refractivity contribution in [1.29, 1.82) is 5.26 Å². The van der Waals surface area contributed by atoms with Crippen LogP contribution in [0.5, 0.6) is 0 Å². The Morgan fingerprint density at radius 2 is 2.14 bits per heavy atom. The molecule has 3 atom stereocenters. The molecule has 2 heteroatoms. The predicted molar refractivity (Wildman–Crippen MR) is 58.8 cm³/mol. The van der Waals surface area contributed by atoms with E-state index in [0.717, 1.165) is 31.7 Å². The van der Waals surface area contributed by atoms with Gasteiger partial charge in [-0.15, -0.1) is 0 Å². The highest BCUT2D eigenvalue weighted by atomic mass is 15.0. The first-order chi connectivity index (χ1) is 6.63. The van der Waals surface area contributed by atoms with Crippen LogP contribution in [-0.4, -0.2) is 12.1 Å². The van der Waals surface area contributed by atoms with E-state index in [2.05, 4.69) is 32.2 Å². The van der Waals surface area contributed by atoms with Gasteiger partial charge in [-0.1, -0.05) is 20.8 Å². The van der Waals surface area contributed by atoms with Crippen LogP contribution in [0.4, 0.5) is 0 Å². The monoisotopic (exact) mass is 194 g/mol. The first-order valence-corrected chi connectivity index (χ1v) is 5.80. The third kappa shape index (κ3) is 2.48. The van der Waals surface area contributed by atoms with Gasteiger partial charge in [-0.3, -0.25) is 5.32 Å². The van der Waals surface area contributed by atoms with Crippen LogP contribution in [0.25, 0.3) is 0 Å². The van der Waals surface area contributed by atoms with Gasteiger partial charge in [-0.2, -0.15) is 5.26 Å². The van der Waals surface area contributed by atoms with E-state index in [1.165, 1.54) is 6.42 Å². The van der Waals surface area contributed by atoms with Crippen LogP contribution in [0.3, 0.4) is 0 Å². The fourth-order valence-electron chi connectivity index (χ4n) is 2.28. The largest absolute Gasteiger partial charge is 0.299 e. The predicted octanol–water partition coefficient (Wildman–Crippen LogP) is 2.70. The Morgan fingerprint density at radius 1 is 1.43 bits per heavy atom. The van der Waals surface area contributed by atoms with E-state index in [0.29, 0.717) is 5.92 Å². The molecule has 1 fully saturated rings. The maximum absolute atomic E-state index is 9.26. The highest BCUT2D eigenvalue weighted by Crippen LogP contribution is 2.35. The van der Waals surface area contributed by atoms with Crippen molar-refractivity contribution in [1.82, 2.24) is 5.32 Å². The van der Waals surface area contributed by atoms with Gasteiger partial charge in [0.05, 0.1) is 6.07 Å². The van der Waals surface area contributed by atoms with Crippen LogP contribution >= 0.6 is 0 Å². The second kappa shape index (κ2) is 4.79. The summed E-state index contributed by atoms with van der Waals surface area (Å²) in [4.78, 5) is 0. The van der Waals surface area contributed by atoms with Crippen molar-refractivity contribution in [3.63, 3.8) is 0 Å². The molecule has 80 valence electrons. The highest BCUT2D eigenvalue weighted by molar-refractivity contribution is 5.10. The Labute approximate surface area is 87.7 Å². The molecule has 2 nitrogen and oxygen atoms in total. The van der Waals surface area contributed by atoms with Crippen molar-refractivity contribution in [2.24, 2.45) is 11.8 Å². The topological polar surface area (TPSA) is 35.8 Å². The van der Waals surface area contributed by atoms with Crippen LogP contribution in [0.1, 0.15) is 46.5 Å². The molecule has 1 N–H and O–H groups in total. The molecule has 0 aromatic carbocycles. The fraction of sp³-hybridized carbons (Fsp3) is 0.917. The van der Waals surface area contributed by atoms with E-state index in [9.17, 15) is 5.26 Å². The SMILES string of the molecule is CCCNC1(C#N)CCC(C)C(C)C1. The molecule has 0 aliphatic heterocycles. The molecule has 14 heavy (non-hydrogen) atoms. The summed E-state index contributed by atoms with van der Waals surface area (Å²) >= 11 is 0. The zero-order valence-corrected chi connectivity index (χ0v) is 9.64. The Kier molecular flexibility index (Phi) is 3.95. The third-order valence-corrected chi connectivity index (χ3v) is 3.60. The maximum Gasteiger partial charge on any atom is 0.107 e. The Bertz CT molecular complexity index is 215. The number of hydrogen-bond acceptors (Lipinski definition) is 2. The van der Waals surface area contributed by atoms with Gasteiger partial charge in [0, 0.05) is 0 Å². The summed E-state index contributed by atoms with van der Waals surface area (Å²) in [5.41, 5.74) is -0.220. The van der Waals surface area contributed by atoms with E-state index in [4.69, 9.17) is 0 Å². The summed E-state index contributed by atoms with van der Waals surface area (Å²) < 4.78 is 0. The van der Waals surface area contributed by atoms with Gasteiger partial charge in [-0.05, 0) is 44.1 Å². The summed E-state index contributed by atoms with van der Waals surface area (Å²) in [6, 6.07) is 2.49. The third-order valence-electron chi connectivity index (χ3n) is 3.60. The van der Waals surface area contributed by atoms with Crippen LogP contribution in [0, 0.1) is 23.2 Å². The highest BCUT2D eigenvalue weighted by Gasteiger charge is 2.37. The molecule has 0 amide bonds. The minimum absolute atomic E-state index is 0.220. The second-order valence-corrected chi connectivity index (χ2v) is 4.82. The van der Waals surface area contributed by atoms with E-state index in [-0.39, 0.29) is 5.54 Å². The summed E-state index contributed by atoms with van der Waals surface area (Å²) in [7, 11) is 0. The van der Waals surface area contributed by atoms with Crippen LogP contribution in [0.2, 0.25) is 0 Å². The molecule has 0 aromatic rings. The average molecular weight is 194 g/mol. The minimum atomic E-state index is -0.220. The van der Waals surface area contributed by atoms with E-state index in [1.54, 1.807) is 0 Å². The van der Waals surface area contributed by atoms with E-state index in [1.807, 2.05) is 0 Å². The van der Waals surface area contributed by atoms with Gasteiger partial charge < -0.3 is 0 Å². The van der Waals surface area contributed by atoms with Gasteiger partial charge in [0.25, 0.3) is 0 Å². The lowest BCUT2D eigenvalue weighted by molar-refractivity contribution is 0.183. The average Bonchev–Trinajstić information content (AvgIpc) is 2.20. The van der Waals surface area contributed by atoms with Crippen LogP contribution < -0.4 is 5.32 Å². The van der Waals surface area contributed by atoms with Gasteiger partial charge in [0.1, 0.15) is 5.54 Å².